The number of nitrogens with zero attached hydrogens (tertiary/aromatic N) is 2. The van der Waals surface area contributed by atoms with Crippen molar-refractivity contribution in [3.05, 3.63) is 70.1 Å². The van der Waals surface area contributed by atoms with Gasteiger partial charge in [0.05, 0.1) is 12.7 Å². The Bertz CT molecular complexity index is 1220. The number of methoxy groups -OCH3 is 1. The molecule has 0 spiro atoms. The SMILES string of the molecule is COC(=O)c1ccc2oc(=O)c(-c3nc(-c4ccccc4C)no3)cc2c1. The molecule has 27 heavy (non-hydrogen) atoms. The lowest BCUT2D eigenvalue weighted by molar-refractivity contribution is 0.0601. The van der Waals surface area contributed by atoms with Crippen LogP contribution in [0.5, 0.6) is 0 Å². The van der Waals surface area contributed by atoms with Crippen molar-refractivity contribution in [1.82, 2.24) is 10.1 Å². The summed E-state index contributed by atoms with van der Waals surface area (Å²) in [7, 11) is 1.30. The number of ether oxygens (including phenoxy) is 1. The Morgan fingerprint density at radius 2 is 1.89 bits per heavy atom. The summed E-state index contributed by atoms with van der Waals surface area (Å²) in [4.78, 5) is 28.4. The van der Waals surface area contributed by atoms with Crippen LogP contribution in [-0.4, -0.2) is 23.2 Å². The molecule has 0 aliphatic carbocycles. The molecule has 0 N–H and O–H groups in total. The second-order valence-corrected chi connectivity index (χ2v) is 5.93. The quantitative estimate of drug-likeness (QED) is 0.406. The Hall–Kier alpha value is -3.74. The van der Waals surface area contributed by atoms with Crippen LogP contribution in [0.2, 0.25) is 0 Å². The number of benzene rings is 2. The first-order chi connectivity index (χ1) is 13.1. The molecule has 134 valence electrons. The fourth-order valence-electron chi connectivity index (χ4n) is 2.78. The van der Waals surface area contributed by atoms with Crippen molar-refractivity contribution in [2.75, 3.05) is 7.11 Å². The van der Waals surface area contributed by atoms with Gasteiger partial charge in [-0.05, 0) is 36.8 Å². The van der Waals surface area contributed by atoms with Gasteiger partial charge in [0, 0.05) is 10.9 Å². The number of carbonyl (C=O) groups is 1. The third kappa shape index (κ3) is 2.99. The van der Waals surface area contributed by atoms with Gasteiger partial charge in [0.15, 0.2) is 0 Å². The zero-order chi connectivity index (χ0) is 19.0. The fourth-order valence-corrected chi connectivity index (χ4v) is 2.78. The highest BCUT2D eigenvalue weighted by Gasteiger charge is 2.17. The molecule has 2 heterocycles. The Kier molecular flexibility index (Phi) is 4.04. The molecule has 0 amide bonds. The predicted molar refractivity (Wildman–Crippen MR) is 97.3 cm³/mol. The molecule has 0 aliphatic heterocycles. The summed E-state index contributed by atoms with van der Waals surface area (Å²) >= 11 is 0. The van der Waals surface area contributed by atoms with Crippen molar-refractivity contribution < 1.29 is 18.5 Å². The minimum Gasteiger partial charge on any atom is -0.465 e. The molecular formula is C20H14N2O5. The number of hydrogen-bond acceptors (Lipinski definition) is 7. The zero-order valence-electron chi connectivity index (χ0n) is 14.6. The van der Waals surface area contributed by atoms with Crippen molar-refractivity contribution >= 4 is 16.9 Å². The maximum atomic E-state index is 12.3. The molecular weight excluding hydrogens is 348 g/mol. The number of hydrogen-bond donors (Lipinski definition) is 0. The Balaban J connectivity index is 1.82. The lowest BCUT2D eigenvalue weighted by Crippen LogP contribution is -2.04. The average Bonchev–Trinajstić information content (AvgIpc) is 3.16. The molecule has 7 heteroatoms. The fraction of sp³-hybridized carbons (Fsp3) is 0.100. The molecule has 0 radical (unpaired) electrons. The van der Waals surface area contributed by atoms with E-state index in [1.165, 1.54) is 13.2 Å². The first-order valence-corrected chi connectivity index (χ1v) is 8.13. The third-order valence-corrected chi connectivity index (χ3v) is 4.20. The molecule has 0 fully saturated rings. The second-order valence-electron chi connectivity index (χ2n) is 5.93. The Morgan fingerprint density at radius 1 is 1.07 bits per heavy atom. The normalized spacial score (nSPS) is 10.9. The molecule has 0 saturated carbocycles. The van der Waals surface area contributed by atoms with E-state index in [4.69, 9.17) is 13.7 Å². The van der Waals surface area contributed by atoms with E-state index >= 15 is 0 Å². The molecule has 4 rings (SSSR count). The van der Waals surface area contributed by atoms with E-state index in [1.54, 1.807) is 18.2 Å². The summed E-state index contributed by atoms with van der Waals surface area (Å²) in [6.45, 7) is 1.93. The van der Waals surface area contributed by atoms with Gasteiger partial charge in [-0.2, -0.15) is 4.98 Å². The molecule has 0 atom stereocenters. The summed E-state index contributed by atoms with van der Waals surface area (Å²) < 4.78 is 15.3. The minimum atomic E-state index is -0.603. The maximum absolute atomic E-state index is 12.3. The Labute approximate surface area is 153 Å². The third-order valence-electron chi connectivity index (χ3n) is 4.20. The molecule has 0 unspecified atom stereocenters. The average molecular weight is 362 g/mol. The number of fused-ring (bicyclic) bond motifs is 1. The van der Waals surface area contributed by atoms with Crippen molar-refractivity contribution in [1.29, 1.82) is 0 Å². The highest BCUT2D eigenvalue weighted by molar-refractivity contribution is 5.94. The van der Waals surface area contributed by atoms with Gasteiger partial charge < -0.3 is 13.7 Å². The van der Waals surface area contributed by atoms with Crippen LogP contribution in [0.1, 0.15) is 15.9 Å². The van der Waals surface area contributed by atoms with Gasteiger partial charge in [0.2, 0.25) is 5.82 Å². The van der Waals surface area contributed by atoms with E-state index in [9.17, 15) is 9.59 Å². The predicted octanol–water partition coefficient (Wildman–Crippen LogP) is 3.61. The number of aromatic nitrogens is 2. The van der Waals surface area contributed by atoms with Gasteiger partial charge >= 0.3 is 11.6 Å². The molecule has 0 saturated heterocycles. The smallest absolute Gasteiger partial charge is 0.349 e. The van der Waals surface area contributed by atoms with Crippen LogP contribution in [0.15, 0.2) is 62.3 Å². The number of carbonyl (C=O) groups excluding carboxylic acids is 1. The molecule has 4 aromatic rings. The van der Waals surface area contributed by atoms with Gasteiger partial charge in [-0.25, -0.2) is 9.59 Å². The van der Waals surface area contributed by atoms with Gasteiger partial charge in [-0.1, -0.05) is 29.4 Å². The van der Waals surface area contributed by atoms with Gasteiger partial charge in [-0.3, -0.25) is 0 Å². The topological polar surface area (TPSA) is 95.4 Å². The van der Waals surface area contributed by atoms with Crippen LogP contribution in [0.3, 0.4) is 0 Å². The van der Waals surface area contributed by atoms with Crippen LogP contribution in [0.25, 0.3) is 33.8 Å². The van der Waals surface area contributed by atoms with Gasteiger partial charge in [-0.15, -0.1) is 0 Å². The standard InChI is InChI=1S/C20H14N2O5/c1-11-5-3-4-6-14(11)17-21-18(27-22-17)15-10-13-9-12(19(23)25-2)7-8-16(13)26-20(15)24/h3-10H,1-2H3. The highest BCUT2D eigenvalue weighted by atomic mass is 16.5. The van der Waals surface area contributed by atoms with Crippen LogP contribution >= 0.6 is 0 Å². The summed E-state index contributed by atoms with van der Waals surface area (Å²) in [5.41, 5.74) is 2.00. The Morgan fingerprint density at radius 3 is 2.67 bits per heavy atom. The molecule has 2 aromatic carbocycles. The van der Waals surface area contributed by atoms with Gasteiger partial charge in [0.25, 0.3) is 5.89 Å². The van der Waals surface area contributed by atoms with E-state index in [1.807, 2.05) is 31.2 Å². The van der Waals surface area contributed by atoms with Crippen LogP contribution in [0, 0.1) is 6.92 Å². The molecule has 7 nitrogen and oxygen atoms in total. The second kappa shape index (κ2) is 6.53. The van der Waals surface area contributed by atoms with Crippen molar-refractivity contribution in [2.24, 2.45) is 0 Å². The monoisotopic (exact) mass is 362 g/mol. The largest absolute Gasteiger partial charge is 0.465 e. The number of aryl methyl sites for hydroxylation is 1. The van der Waals surface area contributed by atoms with E-state index in [2.05, 4.69) is 10.1 Å². The van der Waals surface area contributed by atoms with Gasteiger partial charge in [0.1, 0.15) is 11.1 Å². The van der Waals surface area contributed by atoms with Crippen LogP contribution < -0.4 is 5.63 Å². The zero-order valence-corrected chi connectivity index (χ0v) is 14.6. The maximum Gasteiger partial charge on any atom is 0.349 e. The number of rotatable bonds is 3. The van der Waals surface area contributed by atoms with Crippen molar-refractivity contribution in [3.63, 3.8) is 0 Å². The molecule has 0 bridgehead atoms. The minimum absolute atomic E-state index is 0.0485. The summed E-state index contributed by atoms with van der Waals surface area (Å²) in [5.74, 6) is -0.0532. The van der Waals surface area contributed by atoms with Crippen molar-refractivity contribution in [2.45, 2.75) is 6.92 Å². The van der Waals surface area contributed by atoms with Crippen molar-refractivity contribution in [3.8, 4) is 22.8 Å². The van der Waals surface area contributed by atoms with E-state index in [0.29, 0.717) is 22.4 Å². The lowest BCUT2D eigenvalue weighted by atomic mass is 10.1. The summed E-state index contributed by atoms with van der Waals surface area (Å²) in [6.07, 6.45) is 0. The molecule has 0 aliphatic rings. The van der Waals surface area contributed by atoms with Crippen LogP contribution in [0.4, 0.5) is 0 Å². The van der Waals surface area contributed by atoms with E-state index in [0.717, 1.165) is 11.1 Å². The molecule has 2 aromatic heterocycles. The lowest BCUT2D eigenvalue weighted by Gasteiger charge is -2.02. The van der Waals surface area contributed by atoms with E-state index in [-0.39, 0.29) is 11.5 Å². The van der Waals surface area contributed by atoms with E-state index < -0.39 is 11.6 Å². The number of esters is 1. The first-order valence-electron chi connectivity index (χ1n) is 8.13. The van der Waals surface area contributed by atoms with Crippen LogP contribution in [-0.2, 0) is 4.74 Å². The summed E-state index contributed by atoms with van der Waals surface area (Å²) in [6, 6.07) is 13.8. The summed E-state index contributed by atoms with van der Waals surface area (Å²) in [5, 5.41) is 4.51. The first kappa shape index (κ1) is 16.7. The highest BCUT2D eigenvalue weighted by Crippen LogP contribution is 2.25.